The van der Waals surface area contributed by atoms with Crippen molar-refractivity contribution in [1.82, 2.24) is 5.32 Å². The van der Waals surface area contributed by atoms with Gasteiger partial charge < -0.3 is 10.1 Å². The van der Waals surface area contributed by atoms with E-state index in [2.05, 4.69) is 5.32 Å². The molecule has 0 spiro atoms. The molecule has 3 aromatic carbocycles. The number of ether oxygens (including phenoxy) is 1. The Kier molecular flexibility index (Phi) is 6.93. The van der Waals surface area contributed by atoms with E-state index in [0.717, 1.165) is 29.2 Å². The lowest BCUT2D eigenvalue weighted by Gasteiger charge is -2.22. The number of benzene rings is 3. The molecule has 170 valence electrons. The van der Waals surface area contributed by atoms with Gasteiger partial charge in [-0.15, -0.1) is 0 Å². The standard InChI is InChI=1S/C22H21F3N2O4S/c1-32(29,30)27(18-9-5-8-17(14-18)22(23,24)25)15-21(28)26-12-13-31-20-11-4-7-16-6-2-3-10-19(16)20/h2-11,14H,12-13,15H2,1H3,(H,26,28). The molecule has 1 amide bonds. The minimum absolute atomic E-state index is 0.0856. The molecule has 0 aromatic heterocycles. The van der Waals surface area contributed by atoms with E-state index in [1.807, 2.05) is 36.4 Å². The lowest BCUT2D eigenvalue weighted by molar-refractivity contribution is -0.137. The number of halogens is 3. The van der Waals surface area contributed by atoms with Crippen molar-refractivity contribution in [3.05, 3.63) is 72.3 Å². The number of amides is 1. The second-order valence-electron chi connectivity index (χ2n) is 6.99. The largest absolute Gasteiger partial charge is 0.491 e. The van der Waals surface area contributed by atoms with Gasteiger partial charge in [0.1, 0.15) is 18.9 Å². The van der Waals surface area contributed by atoms with Gasteiger partial charge in [0, 0.05) is 5.39 Å². The van der Waals surface area contributed by atoms with Crippen molar-refractivity contribution in [3.8, 4) is 5.75 Å². The minimum Gasteiger partial charge on any atom is -0.491 e. The molecular formula is C22H21F3N2O4S. The normalized spacial score (nSPS) is 11.9. The predicted molar refractivity (Wildman–Crippen MR) is 116 cm³/mol. The molecule has 0 saturated heterocycles. The van der Waals surface area contributed by atoms with Crippen molar-refractivity contribution in [2.45, 2.75) is 6.18 Å². The molecule has 0 radical (unpaired) electrons. The third-order valence-corrected chi connectivity index (χ3v) is 5.72. The topological polar surface area (TPSA) is 75.7 Å². The molecule has 0 bridgehead atoms. The number of nitrogens with zero attached hydrogens (tertiary/aromatic N) is 1. The molecule has 0 aliphatic rings. The third-order valence-electron chi connectivity index (χ3n) is 4.58. The smallest absolute Gasteiger partial charge is 0.416 e. The molecule has 0 aliphatic carbocycles. The SMILES string of the molecule is CS(=O)(=O)N(CC(=O)NCCOc1cccc2ccccc12)c1cccc(C(F)(F)F)c1. The summed E-state index contributed by atoms with van der Waals surface area (Å²) in [7, 11) is -4.00. The fraction of sp³-hybridized carbons (Fsp3) is 0.227. The van der Waals surface area contributed by atoms with Crippen LogP contribution in [0.15, 0.2) is 66.7 Å². The van der Waals surface area contributed by atoms with Gasteiger partial charge in [0.15, 0.2) is 0 Å². The molecule has 0 saturated carbocycles. The second-order valence-corrected chi connectivity index (χ2v) is 8.90. The first-order valence-electron chi connectivity index (χ1n) is 9.58. The van der Waals surface area contributed by atoms with Crippen LogP contribution < -0.4 is 14.4 Å². The first kappa shape index (κ1) is 23.4. The molecular weight excluding hydrogens is 445 g/mol. The first-order valence-corrected chi connectivity index (χ1v) is 11.4. The monoisotopic (exact) mass is 466 g/mol. The van der Waals surface area contributed by atoms with Crippen molar-refractivity contribution >= 4 is 32.4 Å². The molecule has 32 heavy (non-hydrogen) atoms. The predicted octanol–water partition coefficient (Wildman–Crippen LogP) is 3.82. The number of fused-ring (bicyclic) bond motifs is 1. The van der Waals surface area contributed by atoms with Crippen LogP contribution in [-0.4, -0.2) is 40.3 Å². The molecule has 0 atom stereocenters. The number of nitrogens with one attached hydrogen (secondary N) is 1. The van der Waals surface area contributed by atoms with Gasteiger partial charge >= 0.3 is 6.18 Å². The van der Waals surface area contributed by atoms with Crippen molar-refractivity contribution in [1.29, 1.82) is 0 Å². The average molecular weight is 466 g/mol. The third kappa shape index (κ3) is 5.91. The van der Waals surface area contributed by atoms with Gasteiger partial charge in [-0.1, -0.05) is 42.5 Å². The number of carbonyl (C=O) groups is 1. The van der Waals surface area contributed by atoms with Gasteiger partial charge in [-0.25, -0.2) is 8.42 Å². The van der Waals surface area contributed by atoms with E-state index in [0.29, 0.717) is 16.1 Å². The maximum Gasteiger partial charge on any atom is 0.416 e. The van der Waals surface area contributed by atoms with Gasteiger partial charge in [0.25, 0.3) is 0 Å². The van der Waals surface area contributed by atoms with Gasteiger partial charge in [0.05, 0.1) is 24.1 Å². The molecule has 3 aromatic rings. The Morgan fingerprint density at radius 1 is 1.03 bits per heavy atom. The van der Waals surface area contributed by atoms with Crippen LogP contribution in [0.5, 0.6) is 5.75 Å². The van der Waals surface area contributed by atoms with Gasteiger partial charge in [-0.2, -0.15) is 13.2 Å². The van der Waals surface area contributed by atoms with Gasteiger partial charge in [0.2, 0.25) is 15.9 Å². The zero-order chi connectivity index (χ0) is 23.4. The van der Waals surface area contributed by atoms with Crippen LogP contribution in [0, 0.1) is 0 Å². The second kappa shape index (κ2) is 9.47. The zero-order valence-corrected chi connectivity index (χ0v) is 17.9. The number of alkyl halides is 3. The van der Waals surface area contributed by atoms with Gasteiger partial charge in [-0.3, -0.25) is 9.10 Å². The molecule has 0 heterocycles. The highest BCUT2D eigenvalue weighted by Crippen LogP contribution is 2.32. The summed E-state index contributed by atoms with van der Waals surface area (Å²) in [5, 5.41) is 4.44. The van der Waals surface area contributed by atoms with E-state index >= 15 is 0 Å². The Labute approximate surface area is 183 Å². The molecule has 0 unspecified atom stereocenters. The maximum absolute atomic E-state index is 13.0. The first-order chi connectivity index (χ1) is 15.1. The van der Waals surface area contributed by atoms with Crippen molar-refractivity contribution in [2.75, 3.05) is 30.3 Å². The number of anilines is 1. The van der Waals surface area contributed by atoms with E-state index in [4.69, 9.17) is 4.74 Å². The van der Waals surface area contributed by atoms with Crippen LogP contribution in [0.3, 0.4) is 0 Å². The average Bonchev–Trinajstić information content (AvgIpc) is 2.74. The zero-order valence-electron chi connectivity index (χ0n) is 17.1. The minimum atomic E-state index is -4.64. The Bertz CT molecular complexity index is 1210. The number of hydrogen-bond acceptors (Lipinski definition) is 4. The molecule has 6 nitrogen and oxygen atoms in total. The van der Waals surface area contributed by atoms with Crippen LogP contribution in [0.25, 0.3) is 10.8 Å². The van der Waals surface area contributed by atoms with E-state index in [9.17, 15) is 26.4 Å². The summed E-state index contributed by atoms with van der Waals surface area (Å²) in [6, 6.07) is 17.0. The number of carbonyl (C=O) groups excluding carboxylic acids is 1. The van der Waals surface area contributed by atoms with E-state index in [1.165, 1.54) is 6.07 Å². The summed E-state index contributed by atoms with van der Waals surface area (Å²) in [5.74, 6) is -0.0339. The maximum atomic E-state index is 13.0. The number of sulfonamides is 1. The summed E-state index contributed by atoms with van der Waals surface area (Å²) >= 11 is 0. The van der Waals surface area contributed by atoms with E-state index in [-0.39, 0.29) is 18.8 Å². The lowest BCUT2D eigenvalue weighted by atomic mass is 10.1. The molecule has 0 aliphatic heterocycles. The van der Waals surface area contributed by atoms with E-state index < -0.39 is 34.2 Å². The Hall–Kier alpha value is -3.27. The molecule has 0 fully saturated rings. The van der Waals surface area contributed by atoms with Crippen LogP contribution >= 0.6 is 0 Å². The highest BCUT2D eigenvalue weighted by Gasteiger charge is 2.32. The molecule has 10 heteroatoms. The number of rotatable bonds is 8. The lowest BCUT2D eigenvalue weighted by Crippen LogP contribution is -2.41. The summed E-state index contributed by atoms with van der Waals surface area (Å²) in [6.07, 6.45) is -3.81. The Morgan fingerprint density at radius 2 is 1.72 bits per heavy atom. The summed E-state index contributed by atoms with van der Waals surface area (Å²) in [6.45, 7) is -0.446. The van der Waals surface area contributed by atoms with Gasteiger partial charge in [-0.05, 0) is 29.7 Å². The fourth-order valence-corrected chi connectivity index (χ4v) is 3.94. The highest BCUT2D eigenvalue weighted by atomic mass is 32.2. The Morgan fingerprint density at radius 3 is 2.44 bits per heavy atom. The highest BCUT2D eigenvalue weighted by molar-refractivity contribution is 7.92. The quantitative estimate of drug-likeness (QED) is 0.512. The fourth-order valence-electron chi connectivity index (χ4n) is 3.10. The summed E-state index contributed by atoms with van der Waals surface area (Å²) in [4.78, 5) is 12.3. The van der Waals surface area contributed by atoms with E-state index in [1.54, 1.807) is 6.07 Å². The Balaban J connectivity index is 1.62. The van der Waals surface area contributed by atoms with Crippen molar-refractivity contribution < 1.29 is 31.1 Å². The van der Waals surface area contributed by atoms with Crippen LogP contribution in [0.2, 0.25) is 0 Å². The molecule has 3 rings (SSSR count). The van der Waals surface area contributed by atoms with Crippen molar-refractivity contribution in [3.63, 3.8) is 0 Å². The number of hydrogen-bond donors (Lipinski definition) is 1. The van der Waals surface area contributed by atoms with Crippen LogP contribution in [-0.2, 0) is 21.0 Å². The van der Waals surface area contributed by atoms with Crippen molar-refractivity contribution in [2.24, 2.45) is 0 Å². The summed E-state index contributed by atoms with van der Waals surface area (Å²) in [5.41, 5.74) is -1.25. The van der Waals surface area contributed by atoms with Crippen LogP contribution in [0.1, 0.15) is 5.56 Å². The molecule has 1 N–H and O–H groups in total. The summed E-state index contributed by atoms with van der Waals surface area (Å²) < 4.78 is 69.5. The van der Waals surface area contributed by atoms with Crippen LogP contribution in [0.4, 0.5) is 18.9 Å².